The minimum Gasteiger partial charge on any atom is -0.331 e. The van der Waals surface area contributed by atoms with E-state index in [9.17, 15) is 4.79 Å². The Morgan fingerprint density at radius 3 is 2.33 bits per heavy atom. The van der Waals surface area contributed by atoms with Crippen LogP contribution in [0.4, 0.5) is 5.69 Å². The third kappa shape index (κ3) is 7.06. The minimum atomic E-state index is -0.0944. The maximum absolute atomic E-state index is 11.5. The van der Waals surface area contributed by atoms with Gasteiger partial charge in [0.15, 0.2) is 5.11 Å². The molecule has 0 saturated carbocycles. The van der Waals surface area contributed by atoms with Gasteiger partial charge < -0.3 is 10.2 Å². The molecule has 6 heteroatoms. The lowest BCUT2D eigenvalue weighted by Crippen LogP contribution is -2.44. The number of carbonyl (C=O) groups is 1. The fourth-order valence-corrected chi connectivity index (χ4v) is 1.80. The zero-order valence-corrected chi connectivity index (χ0v) is 13.9. The van der Waals surface area contributed by atoms with Gasteiger partial charge in [-0.05, 0) is 49.9 Å². The number of rotatable bonds is 5. The SMILES string of the molecule is CC(C)c1ccc(NC(=S)NNC(=O)CCN(C)C)cc1. The topological polar surface area (TPSA) is 56.4 Å². The molecule has 1 aromatic carbocycles. The van der Waals surface area contributed by atoms with Crippen molar-refractivity contribution < 1.29 is 4.79 Å². The number of nitrogens with one attached hydrogen (secondary N) is 3. The van der Waals surface area contributed by atoms with Crippen LogP contribution in [0.1, 0.15) is 31.7 Å². The molecule has 0 aliphatic carbocycles. The molecular weight excluding hydrogens is 284 g/mol. The average molecular weight is 308 g/mol. The number of nitrogens with zero attached hydrogens (tertiary/aromatic N) is 1. The molecule has 0 atom stereocenters. The van der Waals surface area contributed by atoms with Crippen molar-refractivity contribution in [2.24, 2.45) is 0 Å². The predicted octanol–water partition coefficient (Wildman–Crippen LogP) is 2.08. The maximum atomic E-state index is 11.5. The van der Waals surface area contributed by atoms with Gasteiger partial charge in [0.1, 0.15) is 0 Å². The number of hydrogen-bond acceptors (Lipinski definition) is 3. The molecule has 0 aromatic heterocycles. The summed E-state index contributed by atoms with van der Waals surface area (Å²) in [6.07, 6.45) is 0.422. The lowest BCUT2D eigenvalue weighted by atomic mass is 10.0. The van der Waals surface area contributed by atoms with Gasteiger partial charge in [0.2, 0.25) is 5.91 Å². The van der Waals surface area contributed by atoms with Crippen LogP contribution in [-0.4, -0.2) is 36.6 Å². The average Bonchev–Trinajstić information content (AvgIpc) is 2.43. The zero-order chi connectivity index (χ0) is 15.8. The van der Waals surface area contributed by atoms with Gasteiger partial charge in [-0.25, -0.2) is 0 Å². The summed E-state index contributed by atoms with van der Waals surface area (Å²) in [5.41, 5.74) is 7.43. The molecule has 0 radical (unpaired) electrons. The normalized spacial score (nSPS) is 10.6. The molecule has 0 fully saturated rings. The van der Waals surface area contributed by atoms with E-state index in [4.69, 9.17) is 12.2 Å². The smallest absolute Gasteiger partial charge is 0.239 e. The van der Waals surface area contributed by atoms with Crippen molar-refractivity contribution in [2.45, 2.75) is 26.2 Å². The molecule has 1 amide bonds. The van der Waals surface area contributed by atoms with Crippen LogP contribution in [0.25, 0.3) is 0 Å². The second kappa shape index (κ2) is 8.59. The van der Waals surface area contributed by atoms with Crippen LogP contribution in [0.15, 0.2) is 24.3 Å². The molecule has 0 saturated heterocycles. The van der Waals surface area contributed by atoms with E-state index in [1.807, 2.05) is 31.1 Å². The zero-order valence-electron chi connectivity index (χ0n) is 13.1. The molecule has 0 aliphatic rings. The quantitative estimate of drug-likeness (QED) is 0.574. The first-order valence-corrected chi connectivity index (χ1v) is 7.40. The molecule has 0 unspecified atom stereocenters. The second-order valence-electron chi connectivity index (χ2n) is 5.46. The highest BCUT2D eigenvalue weighted by molar-refractivity contribution is 7.80. The van der Waals surface area contributed by atoms with E-state index < -0.39 is 0 Å². The second-order valence-corrected chi connectivity index (χ2v) is 5.87. The molecule has 0 bridgehead atoms. The fraction of sp³-hybridized carbons (Fsp3) is 0.467. The summed E-state index contributed by atoms with van der Waals surface area (Å²) in [7, 11) is 3.85. The number of thiocarbonyl (C=S) groups is 1. The van der Waals surface area contributed by atoms with E-state index in [0.717, 1.165) is 5.69 Å². The van der Waals surface area contributed by atoms with Crippen molar-refractivity contribution >= 4 is 28.9 Å². The van der Waals surface area contributed by atoms with Crippen molar-refractivity contribution in [3.63, 3.8) is 0 Å². The number of anilines is 1. The molecule has 5 nitrogen and oxygen atoms in total. The Morgan fingerprint density at radius 1 is 1.19 bits per heavy atom. The standard InChI is InChI=1S/C15H24N4OS/c1-11(2)12-5-7-13(8-6-12)16-15(21)18-17-14(20)9-10-19(3)4/h5-8,11H,9-10H2,1-4H3,(H,17,20)(H2,16,18,21). The Balaban J connectivity index is 2.35. The highest BCUT2D eigenvalue weighted by atomic mass is 32.1. The van der Waals surface area contributed by atoms with E-state index in [-0.39, 0.29) is 5.91 Å². The monoisotopic (exact) mass is 308 g/mol. The van der Waals surface area contributed by atoms with Gasteiger partial charge in [0.05, 0.1) is 0 Å². The van der Waals surface area contributed by atoms with Crippen molar-refractivity contribution in [2.75, 3.05) is 26.0 Å². The van der Waals surface area contributed by atoms with Gasteiger partial charge in [-0.3, -0.25) is 15.6 Å². The van der Waals surface area contributed by atoms with E-state index in [2.05, 4.69) is 42.1 Å². The Hall–Kier alpha value is -1.66. The largest absolute Gasteiger partial charge is 0.331 e. The van der Waals surface area contributed by atoms with Gasteiger partial charge >= 0.3 is 0 Å². The van der Waals surface area contributed by atoms with Gasteiger partial charge in [0.25, 0.3) is 0 Å². The summed E-state index contributed by atoms with van der Waals surface area (Å²) >= 11 is 5.13. The van der Waals surface area contributed by atoms with Gasteiger partial charge in [-0.15, -0.1) is 0 Å². The molecule has 3 N–H and O–H groups in total. The summed E-state index contributed by atoms with van der Waals surface area (Å²) < 4.78 is 0. The van der Waals surface area contributed by atoms with Crippen LogP contribution in [0.5, 0.6) is 0 Å². The van der Waals surface area contributed by atoms with Crippen LogP contribution in [0.2, 0.25) is 0 Å². The summed E-state index contributed by atoms with van der Waals surface area (Å²) in [5.74, 6) is 0.406. The van der Waals surface area contributed by atoms with E-state index in [1.165, 1.54) is 5.56 Å². The minimum absolute atomic E-state index is 0.0944. The van der Waals surface area contributed by atoms with Crippen LogP contribution in [0, 0.1) is 0 Å². The van der Waals surface area contributed by atoms with Gasteiger partial charge in [-0.1, -0.05) is 26.0 Å². The summed E-state index contributed by atoms with van der Waals surface area (Å²) in [6, 6.07) is 8.06. The van der Waals surface area contributed by atoms with Crippen LogP contribution < -0.4 is 16.2 Å². The lowest BCUT2D eigenvalue weighted by molar-refractivity contribution is -0.121. The van der Waals surface area contributed by atoms with Crippen LogP contribution in [0.3, 0.4) is 0 Å². The third-order valence-corrected chi connectivity index (χ3v) is 3.14. The Kier molecular flexibility index (Phi) is 7.11. The molecule has 1 rings (SSSR count). The predicted molar refractivity (Wildman–Crippen MR) is 91.2 cm³/mol. The Morgan fingerprint density at radius 2 is 1.81 bits per heavy atom. The Labute approximate surface area is 132 Å². The fourth-order valence-electron chi connectivity index (χ4n) is 1.63. The van der Waals surface area contributed by atoms with Crippen molar-refractivity contribution in [3.8, 4) is 0 Å². The highest BCUT2D eigenvalue weighted by Crippen LogP contribution is 2.16. The number of carbonyl (C=O) groups excluding carboxylic acids is 1. The van der Waals surface area contributed by atoms with E-state index in [1.54, 1.807) is 0 Å². The van der Waals surface area contributed by atoms with E-state index >= 15 is 0 Å². The van der Waals surface area contributed by atoms with Crippen molar-refractivity contribution in [3.05, 3.63) is 29.8 Å². The summed E-state index contributed by atoms with van der Waals surface area (Å²) in [6.45, 7) is 5.00. The van der Waals surface area contributed by atoms with Gasteiger partial charge in [-0.2, -0.15) is 0 Å². The summed E-state index contributed by atoms with van der Waals surface area (Å²) in [5, 5.41) is 3.39. The number of hydrogen-bond donors (Lipinski definition) is 3. The molecule has 0 spiro atoms. The van der Waals surface area contributed by atoms with Crippen LogP contribution in [-0.2, 0) is 4.79 Å². The summed E-state index contributed by atoms with van der Waals surface area (Å²) in [4.78, 5) is 13.5. The number of hydrazine groups is 1. The molecule has 1 aromatic rings. The molecule has 0 aliphatic heterocycles. The van der Waals surface area contributed by atoms with Crippen molar-refractivity contribution in [1.29, 1.82) is 0 Å². The number of benzene rings is 1. The maximum Gasteiger partial charge on any atom is 0.239 e. The first-order valence-electron chi connectivity index (χ1n) is 6.99. The Bertz CT molecular complexity index is 471. The van der Waals surface area contributed by atoms with Crippen LogP contribution >= 0.6 is 12.2 Å². The lowest BCUT2D eigenvalue weighted by Gasteiger charge is -2.13. The molecule has 116 valence electrons. The third-order valence-electron chi connectivity index (χ3n) is 2.94. The molecule has 21 heavy (non-hydrogen) atoms. The highest BCUT2D eigenvalue weighted by Gasteiger charge is 2.04. The van der Waals surface area contributed by atoms with Gasteiger partial charge in [0, 0.05) is 18.7 Å². The van der Waals surface area contributed by atoms with Crippen molar-refractivity contribution in [1.82, 2.24) is 15.8 Å². The number of amides is 1. The first-order chi connectivity index (χ1) is 9.88. The molecule has 0 heterocycles. The molecular formula is C15H24N4OS. The first kappa shape index (κ1) is 17.4. The van der Waals surface area contributed by atoms with E-state index in [0.29, 0.717) is 24.0 Å².